The van der Waals surface area contributed by atoms with Crippen molar-refractivity contribution < 1.29 is 0 Å². The Morgan fingerprint density at radius 2 is 1.65 bits per heavy atom. The molecule has 0 bridgehead atoms. The summed E-state index contributed by atoms with van der Waals surface area (Å²) in [6.45, 7) is 1.96. The van der Waals surface area contributed by atoms with Crippen molar-refractivity contribution in [3.63, 3.8) is 0 Å². The lowest BCUT2D eigenvalue weighted by Gasteiger charge is -2.11. The van der Waals surface area contributed by atoms with Crippen LogP contribution in [0.1, 0.15) is 5.69 Å². The van der Waals surface area contributed by atoms with E-state index < -0.39 is 0 Å². The molecule has 20 heavy (non-hydrogen) atoms. The number of nitrogens with zero attached hydrogens (tertiary/aromatic N) is 2. The van der Waals surface area contributed by atoms with Gasteiger partial charge in [-0.1, -0.05) is 40.2 Å². The highest BCUT2D eigenvalue weighted by Crippen LogP contribution is 2.27. The number of aromatic nitrogens is 2. The van der Waals surface area contributed by atoms with Crippen LogP contribution in [-0.2, 0) is 0 Å². The molecular weight excluding hydrogens is 316 g/mol. The summed E-state index contributed by atoms with van der Waals surface area (Å²) in [7, 11) is 0. The largest absolute Gasteiger partial charge is 0.271 e. The molecule has 98 valence electrons. The summed E-state index contributed by atoms with van der Waals surface area (Å²) in [6.07, 6.45) is 0. The van der Waals surface area contributed by atoms with Crippen molar-refractivity contribution in [1.29, 1.82) is 0 Å². The molecule has 0 aliphatic rings. The summed E-state index contributed by atoms with van der Waals surface area (Å²) in [4.78, 5) is 12.3. The number of hydrogen-bond acceptors (Lipinski definition) is 1. The van der Waals surface area contributed by atoms with Crippen LogP contribution >= 0.6 is 15.9 Å². The molecule has 2 aromatic carbocycles. The Hall–Kier alpha value is -2.07. The Morgan fingerprint density at radius 3 is 2.50 bits per heavy atom. The number of benzene rings is 2. The second-order valence-electron chi connectivity index (χ2n) is 4.93. The lowest BCUT2D eigenvalue weighted by Crippen LogP contribution is -2.12. The summed E-state index contributed by atoms with van der Waals surface area (Å²) < 4.78 is 4.68. The van der Waals surface area contributed by atoms with E-state index in [0.29, 0.717) is 0 Å². The summed E-state index contributed by atoms with van der Waals surface area (Å²) in [5.74, 6) is 0. The van der Waals surface area contributed by atoms with Gasteiger partial charge in [0.25, 0.3) is 5.56 Å². The second kappa shape index (κ2) is 3.96. The minimum atomic E-state index is -0.00338. The van der Waals surface area contributed by atoms with Crippen molar-refractivity contribution in [2.75, 3.05) is 0 Å². The Balaban J connectivity index is 2.50. The number of halogens is 1. The smallest absolute Gasteiger partial charge is 0.267 e. The predicted octanol–water partition coefficient (Wildman–Crippen LogP) is 3.78. The molecule has 2 heterocycles. The van der Waals surface area contributed by atoms with E-state index in [1.54, 1.807) is 10.6 Å². The summed E-state index contributed by atoms with van der Waals surface area (Å²) in [6, 6.07) is 15.9. The fourth-order valence-corrected chi connectivity index (χ4v) is 3.22. The van der Waals surface area contributed by atoms with E-state index in [1.165, 1.54) is 0 Å². The molecule has 0 fully saturated rings. The van der Waals surface area contributed by atoms with Gasteiger partial charge in [0.05, 0.1) is 11.0 Å². The second-order valence-corrected chi connectivity index (χ2v) is 5.84. The fourth-order valence-electron chi connectivity index (χ4n) is 2.88. The minimum absolute atomic E-state index is 0.00338. The molecule has 3 nitrogen and oxygen atoms in total. The molecule has 4 heteroatoms. The zero-order valence-corrected chi connectivity index (χ0v) is 12.4. The molecule has 4 aromatic rings. The van der Waals surface area contributed by atoms with E-state index in [0.717, 1.165) is 32.0 Å². The highest BCUT2D eigenvalue weighted by molar-refractivity contribution is 9.10. The first-order chi connectivity index (χ1) is 9.66. The maximum atomic E-state index is 12.3. The highest BCUT2D eigenvalue weighted by atomic mass is 79.9. The quantitative estimate of drug-likeness (QED) is 0.451. The number of hydrogen-bond donors (Lipinski definition) is 0. The molecule has 0 saturated carbocycles. The van der Waals surface area contributed by atoms with Crippen LogP contribution in [-0.4, -0.2) is 9.03 Å². The summed E-state index contributed by atoms with van der Waals surface area (Å²) in [5, 5.41) is 2.23. The average molecular weight is 327 g/mol. The number of para-hydroxylation sites is 1. The third-order valence-electron chi connectivity index (χ3n) is 3.69. The van der Waals surface area contributed by atoms with Crippen molar-refractivity contribution >= 4 is 37.7 Å². The van der Waals surface area contributed by atoms with Gasteiger partial charge in [-0.2, -0.15) is 0 Å². The van der Waals surface area contributed by atoms with Gasteiger partial charge in [0, 0.05) is 27.0 Å². The Bertz CT molecular complexity index is 1040. The Morgan fingerprint density at radius 1 is 0.900 bits per heavy atom. The van der Waals surface area contributed by atoms with Gasteiger partial charge >= 0.3 is 0 Å². The van der Waals surface area contributed by atoms with Crippen LogP contribution in [0.3, 0.4) is 0 Å². The van der Waals surface area contributed by atoms with Crippen LogP contribution in [0.4, 0.5) is 0 Å². The Kier molecular flexibility index (Phi) is 2.32. The van der Waals surface area contributed by atoms with Crippen molar-refractivity contribution in [2.45, 2.75) is 6.92 Å². The van der Waals surface area contributed by atoms with Crippen molar-refractivity contribution in [1.82, 2.24) is 9.03 Å². The molecule has 0 N–H and O–H groups in total. The van der Waals surface area contributed by atoms with E-state index in [4.69, 9.17) is 0 Å². The maximum Gasteiger partial charge on any atom is 0.271 e. The fraction of sp³-hybridized carbons (Fsp3) is 0.0625. The van der Waals surface area contributed by atoms with Crippen LogP contribution in [0.25, 0.3) is 21.8 Å². The van der Waals surface area contributed by atoms with Crippen LogP contribution in [0.15, 0.2) is 57.8 Å². The molecule has 0 radical (unpaired) electrons. The van der Waals surface area contributed by atoms with E-state index >= 15 is 0 Å². The van der Waals surface area contributed by atoms with Gasteiger partial charge in [0.15, 0.2) is 0 Å². The molecule has 0 amide bonds. The first-order valence-electron chi connectivity index (χ1n) is 6.38. The van der Waals surface area contributed by atoms with E-state index in [1.807, 2.05) is 41.8 Å². The normalized spacial score (nSPS) is 11.7. The van der Waals surface area contributed by atoms with Gasteiger partial charge in [0.1, 0.15) is 0 Å². The maximum absolute atomic E-state index is 12.3. The van der Waals surface area contributed by atoms with Crippen LogP contribution in [0, 0.1) is 6.92 Å². The minimum Gasteiger partial charge on any atom is -0.267 e. The summed E-state index contributed by atoms with van der Waals surface area (Å²) >= 11 is 3.49. The molecule has 0 atom stereocenters. The van der Waals surface area contributed by atoms with Gasteiger partial charge < -0.3 is 0 Å². The molecule has 2 aromatic heterocycles. The molecule has 4 rings (SSSR count). The lowest BCUT2D eigenvalue weighted by molar-refractivity contribution is 0.836. The zero-order chi connectivity index (χ0) is 13.9. The monoisotopic (exact) mass is 326 g/mol. The number of aryl methyl sites for hydroxylation is 1. The van der Waals surface area contributed by atoms with Crippen LogP contribution < -0.4 is 5.56 Å². The van der Waals surface area contributed by atoms with Gasteiger partial charge in [-0.3, -0.25) is 4.79 Å². The first kappa shape index (κ1) is 11.7. The van der Waals surface area contributed by atoms with E-state index in [-0.39, 0.29) is 5.56 Å². The summed E-state index contributed by atoms with van der Waals surface area (Å²) in [5.41, 5.74) is 2.89. The molecular formula is C16H11BrN2O. The zero-order valence-electron chi connectivity index (χ0n) is 10.8. The standard InChI is InChI=1S/C16H11BrN2O/c1-10-8-16(20)19-15-9-11(17)6-7-13(15)12-4-2-3-5-14(12)18(10)19/h2-9H,1H3. The van der Waals surface area contributed by atoms with E-state index in [9.17, 15) is 4.79 Å². The third-order valence-corrected chi connectivity index (χ3v) is 4.18. The topological polar surface area (TPSA) is 25.9 Å². The first-order valence-corrected chi connectivity index (χ1v) is 7.17. The van der Waals surface area contributed by atoms with Gasteiger partial charge in [0.2, 0.25) is 0 Å². The van der Waals surface area contributed by atoms with Gasteiger partial charge in [-0.05, 0) is 25.1 Å². The number of fused-ring (bicyclic) bond motifs is 6. The SMILES string of the molecule is Cc1cc(=O)n2c3cc(Br)ccc3c3ccccc3n12. The van der Waals surface area contributed by atoms with Crippen molar-refractivity contribution in [2.24, 2.45) is 0 Å². The van der Waals surface area contributed by atoms with Gasteiger partial charge in [-0.25, -0.2) is 9.03 Å². The molecule has 0 aliphatic heterocycles. The molecule has 0 aliphatic carbocycles. The van der Waals surface area contributed by atoms with Crippen molar-refractivity contribution in [3.05, 3.63) is 69.1 Å². The van der Waals surface area contributed by atoms with Crippen LogP contribution in [0.5, 0.6) is 0 Å². The predicted molar refractivity (Wildman–Crippen MR) is 84.6 cm³/mol. The van der Waals surface area contributed by atoms with Crippen molar-refractivity contribution in [3.8, 4) is 0 Å². The van der Waals surface area contributed by atoms with Gasteiger partial charge in [-0.15, -0.1) is 0 Å². The molecule has 0 unspecified atom stereocenters. The van der Waals surface area contributed by atoms with Crippen LogP contribution in [0.2, 0.25) is 0 Å². The average Bonchev–Trinajstić information content (AvgIpc) is 2.74. The lowest BCUT2D eigenvalue weighted by atomic mass is 10.1. The highest BCUT2D eigenvalue weighted by Gasteiger charge is 2.11. The molecule has 0 spiro atoms. The number of rotatable bonds is 0. The third kappa shape index (κ3) is 1.42. The van der Waals surface area contributed by atoms with E-state index in [2.05, 4.69) is 28.1 Å². The molecule has 0 saturated heterocycles. The Labute approximate surface area is 123 Å².